The van der Waals surface area contributed by atoms with E-state index in [0.717, 1.165) is 6.07 Å². The molecule has 0 radical (unpaired) electrons. The van der Waals surface area contributed by atoms with Crippen LogP contribution in [0.1, 0.15) is 15.9 Å². The van der Waals surface area contributed by atoms with Crippen molar-refractivity contribution in [2.45, 2.75) is 5.76 Å². The van der Waals surface area contributed by atoms with E-state index in [9.17, 15) is 22.0 Å². The molecule has 0 aliphatic carbocycles. The summed E-state index contributed by atoms with van der Waals surface area (Å²) in [6.07, 6.45) is 0. The van der Waals surface area contributed by atoms with Crippen molar-refractivity contribution >= 4 is 21.5 Å². The molecule has 21 heavy (non-hydrogen) atoms. The summed E-state index contributed by atoms with van der Waals surface area (Å²) < 4.78 is 49.6. The number of carbonyl (C=O) groups is 1. The van der Waals surface area contributed by atoms with Gasteiger partial charge >= 0.3 is 5.76 Å². The average Bonchev–Trinajstić information content (AvgIpc) is 2.47. The zero-order valence-electron chi connectivity index (χ0n) is 10.6. The van der Waals surface area contributed by atoms with Crippen LogP contribution >= 0.6 is 0 Å². The van der Waals surface area contributed by atoms with Crippen LogP contribution in [0.4, 0.5) is 14.5 Å². The van der Waals surface area contributed by atoms with Gasteiger partial charge in [-0.3, -0.25) is 4.79 Å². The minimum Gasteiger partial charge on any atom is -0.572 e. The molecule has 0 spiro atoms. The molecule has 0 amide bonds. The molecule has 0 saturated heterocycles. The van der Waals surface area contributed by atoms with Gasteiger partial charge in [-0.2, -0.15) is 8.78 Å². The Bertz CT molecular complexity index is 746. The zero-order chi connectivity index (χ0) is 15.5. The number of hydrogen-bond donors (Lipinski definition) is 0. The molecule has 0 heterocycles. The van der Waals surface area contributed by atoms with Crippen molar-refractivity contribution in [1.29, 1.82) is 0 Å². The maximum Gasteiger partial charge on any atom is 0.323 e. The van der Waals surface area contributed by atoms with Crippen LogP contribution in [0.5, 0.6) is 0 Å². The van der Waals surface area contributed by atoms with Crippen LogP contribution in [0.3, 0.4) is 0 Å². The molecule has 2 aromatic carbocycles. The highest BCUT2D eigenvalue weighted by molar-refractivity contribution is 7.94. The van der Waals surface area contributed by atoms with Crippen molar-refractivity contribution in [1.82, 2.24) is 0 Å². The van der Waals surface area contributed by atoms with Gasteiger partial charge in [0.1, 0.15) is 0 Å². The first kappa shape index (κ1) is 15.1. The minimum atomic E-state index is -4.88. The number of nitrogens with zero attached hydrogens (tertiary/aromatic N) is 1. The Morgan fingerprint density at radius 1 is 0.952 bits per heavy atom. The van der Waals surface area contributed by atoms with Gasteiger partial charge in [-0.1, -0.05) is 54.6 Å². The second-order valence-corrected chi connectivity index (χ2v) is 5.68. The molecule has 110 valence electrons. The Labute approximate surface area is 120 Å². The van der Waals surface area contributed by atoms with E-state index < -0.39 is 15.8 Å². The van der Waals surface area contributed by atoms with E-state index in [-0.39, 0.29) is 17.0 Å². The third-order valence-corrected chi connectivity index (χ3v) is 3.52. The summed E-state index contributed by atoms with van der Waals surface area (Å²) in [5.41, 5.74) is 0.371. The molecule has 2 aromatic rings. The lowest BCUT2D eigenvalue weighted by atomic mass is 10.0. The molecule has 0 bridgehead atoms. The Morgan fingerprint density at radius 3 is 2.19 bits per heavy atom. The average molecular weight is 310 g/mol. The fourth-order valence-corrected chi connectivity index (χ4v) is 2.13. The summed E-state index contributed by atoms with van der Waals surface area (Å²) in [6.45, 7) is 0. The van der Waals surface area contributed by atoms with Crippen molar-refractivity contribution in [2.24, 2.45) is 0 Å². The summed E-state index contributed by atoms with van der Waals surface area (Å²) >= 11 is 0. The molecule has 0 atom stereocenters. The van der Waals surface area contributed by atoms with Crippen LogP contribution in [0, 0.1) is 0 Å². The van der Waals surface area contributed by atoms with Gasteiger partial charge < -0.3 is 4.72 Å². The number of hydrogen-bond acceptors (Lipinski definition) is 3. The third kappa shape index (κ3) is 3.63. The number of carbonyl (C=O) groups excluding carboxylic acids is 1. The van der Waals surface area contributed by atoms with Crippen molar-refractivity contribution in [3.05, 3.63) is 70.4 Å². The molecule has 0 unspecified atom stereocenters. The summed E-state index contributed by atoms with van der Waals surface area (Å²) in [4.78, 5) is 12.2. The van der Waals surface area contributed by atoms with Gasteiger partial charge in [0, 0.05) is 11.1 Å². The largest absolute Gasteiger partial charge is 0.572 e. The molecular formula is C14H10F2NO3S-. The number of alkyl halides is 2. The smallest absolute Gasteiger partial charge is 0.323 e. The fourth-order valence-electron chi connectivity index (χ4n) is 1.65. The highest BCUT2D eigenvalue weighted by atomic mass is 32.2. The number of rotatable bonds is 5. The van der Waals surface area contributed by atoms with Gasteiger partial charge in [0.15, 0.2) is 15.8 Å². The van der Waals surface area contributed by atoms with E-state index in [0.29, 0.717) is 5.56 Å². The van der Waals surface area contributed by atoms with E-state index in [2.05, 4.69) is 4.72 Å². The first-order valence-corrected chi connectivity index (χ1v) is 7.35. The molecule has 0 fully saturated rings. The minimum absolute atomic E-state index is 0.173. The summed E-state index contributed by atoms with van der Waals surface area (Å²) in [5, 5.41) is 0. The van der Waals surface area contributed by atoms with Gasteiger partial charge in [0.2, 0.25) is 0 Å². The Hall–Kier alpha value is -2.28. The second-order valence-electron chi connectivity index (χ2n) is 4.11. The van der Waals surface area contributed by atoms with E-state index in [1.807, 2.05) is 0 Å². The van der Waals surface area contributed by atoms with Crippen LogP contribution in [0.15, 0.2) is 54.6 Å². The molecule has 0 aromatic heterocycles. The van der Waals surface area contributed by atoms with E-state index in [1.54, 1.807) is 30.3 Å². The second kappa shape index (κ2) is 6.01. The van der Waals surface area contributed by atoms with Crippen molar-refractivity contribution in [2.75, 3.05) is 0 Å². The fraction of sp³-hybridized carbons (Fsp3) is 0.0714. The van der Waals surface area contributed by atoms with Gasteiger partial charge in [-0.05, 0) is 0 Å². The van der Waals surface area contributed by atoms with Crippen molar-refractivity contribution in [3.8, 4) is 0 Å². The lowest BCUT2D eigenvalue weighted by Gasteiger charge is -2.21. The summed E-state index contributed by atoms with van der Waals surface area (Å²) in [6, 6.07) is 13.6. The van der Waals surface area contributed by atoms with Crippen molar-refractivity contribution in [3.63, 3.8) is 0 Å². The Balaban J connectivity index is 2.29. The normalized spacial score (nSPS) is 11.4. The molecular weight excluding hydrogens is 300 g/mol. The molecule has 7 heteroatoms. The van der Waals surface area contributed by atoms with Gasteiger partial charge in [0.05, 0.1) is 0 Å². The van der Waals surface area contributed by atoms with E-state index >= 15 is 0 Å². The van der Waals surface area contributed by atoms with Gasteiger partial charge in [-0.15, -0.1) is 5.69 Å². The zero-order valence-corrected chi connectivity index (χ0v) is 11.4. The lowest BCUT2D eigenvalue weighted by Crippen LogP contribution is -2.08. The summed E-state index contributed by atoms with van der Waals surface area (Å²) in [5.74, 6) is -3.94. The SMILES string of the molecule is O=C(c1ccccc1)c1cccc([N-]S(=O)(=O)C(F)F)c1. The van der Waals surface area contributed by atoms with Crippen LogP contribution in [-0.2, 0) is 10.0 Å². The van der Waals surface area contributed by atoms with Crippen LogP contribution < -0.4 is 0 Å². The molecule has 0 aliphatic heterocycles. The van der Waals surface area contributed by atoms with Crippen LogP contribution in [0.2, 0.25) is 0 Å². The summed E-state index contributed by atoms with van der Waals surface area (Å²) in [7, 11) is -4.88. The predicted molar refractivity (Wildman–Crippen MR) is 74.3 cm³/mol. The molecule has 0 N–H and O–H groups in total. The van der Waals surface area contributed by atoms with Gasteiger partial charge in [0.25, 0.3) is 0 Å². The number of benzene rings is 2. The topological polar surface area (TPSA) is 65.3 Å². The maximum absolute atomic E-state index is 12.3. The lowest BCUT2D eigenvalue weighted by molar-refractivity contribution is 0.103. The molecule has 0 aliphatic rings. The standard InChI is InChI=1S/C14H10F2NO3S/c15-14(16)21(19,20)17-12-8-4-7-11(9-12)13(18)10-5-2-1-3-6-10/h1-9,14H/q-1. The van der Waals surface area contributed by atoms with E-state index in [1.165, 1.54) is 18.2 Å². The number of sulfonamides is 1. The number of halogens is 2. The Kier molecular flexibility index (Phi) is 4.32. The molecule has 0 saturated carbocycles. The highest BCUT2D eigenvalue weighted by Gasteiger charge is 2.15. The molecule has 2 rings (SSSR count). The maximum atomic E-state index is 12.3. The predicted octanol–water partition coefficient (Wildman–Crippen LogP) is 3.48. The first-order valence-electron chi connectivity index (χ1n) is 5.85. The van der Waals surface area contributed by atoms with Crippen LogP contribution in [0.25, 0.3) is 4.72 Å². The Morgan fingerprint density at radius 2 is 1.57 bits per heavy atom. The van der Waals surface area contributed by atoms with Crippen LogP contribution in [-0.4, -0.2) is 20.0 Å². The number of ketones is 1. The quantitative estimate of drug-likeness (QED) is 0.794. The van der Waals surface area contributed by atoms with Gasteiger partial charge in [-0.25, -0.2) is 8.42 Å². The first-order chi connectivity index (χ1) is 9.90. The van der Waals surface area contributed by atoms with E-state index in [4.69, 9.17) is 0 Å². The van der Waals surface area contributed by atoms with Crippen molar-refractivity contribution < 1.29 is 22.0 Å². The molecule has 4 nitrogen and oxygen atoms in total. The monoisotopic (exact) mass is 310 g/mol. The highest BCUT2D eigenvalue weighted by Crippen LogP contribution is 2.27. The third-order valence-electron chi connectivity index (χ3n) is 2.60.